The van der Waals surface area contributed by atoms with E-state index in [0.29, 0.717) is 35.3 Å². The number of fused-ring (bicyclic) bond motifs is 1. The number of nitrogens with zero attached hydrogens (tertiary/aromatic N) is 1. The summed E-state index contributed by atoms with van der Waals surface area (Å²) in [6, 6.07) is 10.8. The van der Waals surface area contributed by atoms with Crippen molar-refractivity contribution in [1.82, 2.24) is 0 Å². The second-order valence-corrected chi connectivity index (χ2v) is 6.03. The van der Waals surface area contributed by atoms with Crippen LogP contribution in [0, 0.1) is 0 Å². The summed E-state index contributed by atoms with van der Waals surface area (Å²) in [7, 11) is 3.84. The maximum Gasteiger partial charge on any atom is 0.338 e. The van der Waals surface area contributed by atoms with Crippen LogP contribution in [0.1, 0.15) is 15.9 Å². The second-order valence-electron chi connectivity index (χ2n) is 5.62. The highest BCUT2D eigenvalue weighted by Gasteiger charge is 2.17. The molecule has 0 bridgehead atoms. The quantitative estimate of drug-likeness (QED) is 0.792. The summed E-state index contributed by atoms with van der Waals surface area (Å²) in [4.78, 5) is 14.2. The zero-order valence-electron chi connectivity index (χ0n) is 13.5. The van der Waals surface area contributed by atoms with Gasteiger partial charge in [-0.05, 0) is 35.9 Å². The Labute approximate surface area is 145 Å². The monoisotopic (exact) mass is 347 g/mol. The summed E-state index contributed by atoms with van der Waals surface area (Å²) < 4.78 is 16.4. The van der Waals surface area contributed by atoms with Gasteiger partial charge < -0.3 is 19.1 Å². The lowest BCUT2D eigenvalue weighted by molar-refractivity contribution is 0.0472. The van der Waals surface area contributed by atoms with Gasteiger partial charge in [-0.25, -0.2) is 4.79 Å². The number of carbonyl (C=O) groups excluding carboxylic acids is 1. The highest BCUT2D eigenvalue weighted by atomic mass is 35.5. The molecule has 0 amide bonds. The lowest BCUT2D eigenvalue weighted by atomic mass is 10.2. The first-order chi connectivity index (χ1) is 11.5. The normalized spacial score (nSPS) is 12.6. The molecule has 0 atom stereocenters. The summed E-state index contributed by atoms with van der Waals surface area (Å²) in [5.41, 5.74) is 2.19. The van der Waals surface area contributed by atoms with E-state index in [1.54, 1.807) is 24.3 Å². The number of anilines is 1. The molecule has 126 valence electrons. The Hall–Kier alpha value is -2.40. The average Bonchev–Trinajstić information content (AvgIpc) is 2.60. The smallest absolute Gasteiger partial charge is 0.338 e. The number of ether oxygens (including phenoxy) is 3. The SMILES string of the molecule is CN(C)c1cccc(C(=O)OCc2cc(Cl)c3c(c2)OCCO3)c1. The Bertz CT molecular complexity index is 761. The molecule has 1 heterocycles. The summed E-state index contributed by atoms with van der Waals surface area (Å²) >= 11 is 6.18. The van der Waals surface area contributed by atoms with Crippen molar-refractivity contribution < 1.29 is 19.0 Å². The molecule has 5 nitrogen and oxygen atoms in total. The third kappa shape index (κ3) is 3.57. The predicted octanol–water partition coefficient (Wildman–Crippen LogP) is 3.53. The van der Waals surface area contributed by atoms with E-state index >= 15 is 0 Å². The van der Waals surface area contributed by atoms with Crippen LogP contribution in [0.2, 0.25) is 5.02 Å². The van der Waals surface area contributed by atoms with Crippen LogP contribution in [0.15, 0.2) is 36.4 Å². The molecule has 0 saturated carbocycles. The van der Waals surface area contributed by atoms with Crippen LogP contribution in [0.4, 0.5) is 5.69 Å². The van der Waals surface area contributed by atoms with Crippen LogP contribution < -0.4 is 14.4 Å². The van der Waals surface area contributed by atoms with Crippen LogP contribution in [0.25, 0.3) is 0 Å². The minimum absolute atomic E-state index is 0.112. The predicted molar refractivity (Wildman–Crippen MR) is 92.3 cm³/mol. The lowest BCUT2D eigenvalue weighted by Crippen LogP contribution is -2.16. The van der Waals surface area contributed by atoms with Gasteiger partial charge >= 0.3 is 5.97 Å². The minimum Gasteiger partial charge on any atom is -0.486 e. The standard InChI is InChI=1S/C18H18ClNO4/c1-20(2)14-5-3-4-13(10-14)18(21)24-11-12-8-15(19)17-16(9-12)22-6-7-23-17/h3-5,8-10H,6-7,11H2,1-2H3. The number of carbonyl (C=O) groups is 1. The molecule has 0 fully saturated rings. The molecule has 0 unspecified atom stereocenters. The third-order valence-corrected chi connectivity index (χ3v) is 3.91. The van der Waals surface area contributed by atoms with Crippen molar-refractivity contribution >= 4 is 23.3 Å². The molecular weight excluding hydrogens is 330 g/mol. The molecule has 6 heteroatoms. The zero-order valence-corrected chi connectivity index (χ0v) is 14.3. The number of rotatable bonds is 4. The summed E-state index contributed by atoms with van der Waals surface area (Å²) in [6.07, 6.45) is 0. The van der Waals surface area contributed by atoms with Gasteiger partial charge in [0.1, 0.15) is 19.8 Å². The average molecular weight is 348 g/mol. The number of hydrogen-bond donors (Lipinski definition) is 0. The number of halogens is 1. The fourth-order valence-electron chi connectivity index (χ4n) is 2.39. The molecule has 1 aliphatic rings. The van der Waals surface area contributed by atoms with Gasteiger partial charge in [0.05, 0.1) is 10.6 Å². The molecule has 0 N–H and O–H groups in total. The van der Waals surface area contributed by atoms with E-state index in [0.717, 1.165) is 11.3 Å². The third-order valence-electron chi connectivity index (χ3n) is 3.62. The molecular formula is C18H18ClNO4. The van der Waals surface area contributed by atoms with E-state index in [-0.39, 0.29) is 12.6 Å². The number of benzene rings is 2. The van der Waals surface area contributed by atoms with Gasteiger partial charge in [0.2, 0.25) is 0 Å². The lowest BCUT2D eigenvalue weighted by Gasteiger charge is -2.20. The van der Waals surface area contributed by atoms with Crippen LogP contribution in [-0.4, -0.2) is 33.3 Å². The summed E-state index contributed by atoms with van der Waals surface area (Å²) in [5, 5.41) is 0.452. The Morgan fingerprint density at radius 1 is 1.21 bits per heavy atom. The van der Waals surface area contributed by atoms with Crippen LogP contribution in [0.3, 0.4) is 0 Å². The van der Waals surface area contributed by atoms with E-state index in [9.17, 15) is 4.79 Å². The van der Waals surface area contributed by atoms with Crippen LogP contribution >= 0.6 is 11.6 Å². The Morgan fingerprint density at radius 2 is 2.00 bits per heavy atom. The molecule has 0 saturated heterocycles. The Balaban J connectivity index is 1.70. The van der Waals surface area contributed by atoms with Gasteiger partial charge in [0.25, 0.3) is 0 Å². The van der Waals surface area contributed by atoms with Gasteiger partial charge in [0, 0.05) is 19.8 Å². The second kappa shape index (κ2) is 7.01. The molecule has 3 rings (SSSR count). The van der Waals surface area contributed by atoms with Gasteiger partial charge in [-0.1, -0.05) is 17.7 Å². The van der Waals surface area contributed by atoms with Crippen molar-refractivity contribution in [2.75, 3.05) is 32.2 Å². The van der Waals surface area contributed by atoms with Crippen molar-refractivity contribution in [1.29, 1.82) is 0 Å². The van der Waals surface area contributed by atoms with Crippen molar-refractivity contribution in [3.05, 3.63) is 52.5 Å². The van der Waals surface area contributed by atoms with Crippen molar-refractivity contribution in [3.8, 4) is 11.5 Å². The van der Waals surface area contributed by atoms with Crippen LogP contribution in [0.5, 0.6) is 11.5 Å². The van der Waals surface area contributed by atoms with Crippen molar-refractivity contribution in [2.24, 2.45) is 0 Å². The van der Waals surface area contributed by atoms with Crippen LogP contribution in [-0.2, 0) is 11.3 Å². The summed E-state index contributed by atoms with van der Waals surface area (Å²) in [5.74, 6) is 0.732. The van der Waals surface area contributed by atoms with Gasteiger partial charge in [-0.2, -0.15) is 0 Å². The fourth-order valence-corrected chi connectivity index (χ4v) is 2.68. The van der Waals surface area contributed by atoms with Gasteiger partial charge in [0.15, 0.2) is 11.5 Å². The molecule has 0 aliphatic carbocycles. The highest BCUT2D eigenvalue weighted by molar-refractivity contribution is 6.32. The molecule has 0 radical (unpaired) electrons. The van der Waals surface area contributed by atoms with E-state index < -0.39 is 0 Å². The van der Waals surface area contributed by atoms with Gasteiger partial charge in [-0.15, -0.1) is 0 Å². The fraction of sp³-hybridized carbons (Fsp3) is 0.278. The first-order valence-corrected chi connectivity index (χ1v) is 7.95. The highest BCUT2D eigenvalue weighted by Crippen LogP contribution is 2.38. The van der Waals surface area contributed by atoms with Crippen molar-refractivity contribution in [2.45, 2.75) is 6.61 Å². The first kappa shape index (κ1) is 16.5. The van der Waals surface area contributed by atoms with E-state index in [4.69, 9.17) is 25.8 Å². The van der Waals surface area contributed by atoms with Crippen molar-refractivity contribution in [3.63, 3.8) is 0 Å². The van der Waals surface area contributed by atoms with E-state index in [2.05, 4.69) is 0 Å². The molecule has 2 aromatic carbocycles. The number of hydrogen-bond acceptors (Lipinski definition) is 5. The Kier molecular flexibility index (Phi) is 4.81. The molecule has 0 spiro atoms. The molecule has 2 aromatic rings. The zero-order chi connectivity index (χ0) is 17.1. The van der Waals surface area contributed by atoms with E-state index in [1.165, 1.54) is 0 Å². The first-order valence-electron chi connectivity index (χ1n) is 7.57. The molecule has 0 aromatic heterocycles. The molecule has 1 aliphatic heterocycles. The minimum atomic E-state index is -0.385. The molecule has 24 heavy (non-hydrogen) atoms. The number of esters is 1. The summed E-state index contributed by atoms with van der Waals surface area (Å²) in [6.45, 7) is 1.06. The van der Waals surface area contributed by atoms with E-state index in [1.807, 2.05) is 31.1 Å². The Morgan fingerprint density at radius 3 is 2.79 bits per heavy atom. The van der Waals surface area contributed by atoms with Gasteiger partial charge in [-0.3, -0.25) is 0 Å². The largest absolute Gasteiger partial charge is 0.486 e. The topological polar surface area (TPSA) is 48.0 Å². The maximum atomic E-state index is 12.2. The maximum absolute atomic E-state index is 12.2.